The van der Waals surface area contributed by atoms with Crippen molar-refractivity contribution in [3.63, 3.8) is 0 Å². The predicted molar refractivity (Wildman–Crippen MR) is 156 cm³/mol. The third-order valence-corrected chi connectivity index (χ3v) is 9.59. The molecule has 5 atom stereocenters. The largest absolute Gasteiger partial charge is 0.462 e. The summed E-state index contributed by atoms with van der Waals surface area (Å²) in [6.45, 7) is 3.02. The molecule has 3 heterocycles. The molecule has 8 heteroatoms. The van der Waals surface area contributed by atoms with E-state index in [0.29, 0.717) is 28.1 Å². The average Bonchev–Trinajstić information content (AvgIpc) is 3.51. The van der Waals surface area contributed by atoms with E-state index >= 15 is 0 Å². The Bertz CT molecular complexity index is 1490. The van der Waals surface area contributed by atoms with E-state index in [0.717, 1.165) is 35.3 Å². The zero-order valence-electron chi connectivity index (χ0n) is 22.2. The average molecular weight is 577 g/mol. The highest BCUT2D eigenvalue weighted by molar-refractivity contribution is 6.31. The molecule has 206 valence electrons. The van der Waals surface area contributed by atoms with Gasteiger partial charge in [0.05, 0.1) is 12.2 Å². The first-order chi connectivity index (χ1) is 19.4. The van der Waals surface area contributed by atoms with Crippen molar-refractivity contribution in [3.05, 3.63) is 99.0 Å². The van der Waals surface area contributed by atoms with Gasteiger partial charge in [0.2, 0.25) is 5.91 Å². The lowest BCUT2D eigenvalue weighted by Crippen LogP contribution is -2.53. The first-order valence-electron chi connectivity index (χ1n) is 14.1. The quantitative estimate of drug-likeness (QED) is 0.337. The van der Waals surface area contributed by atoms with Crippen LogP contribution in [0.5, 0.6) is 0 Å². The molecular formula is C32H31Cl2N3O3. The van der Waals surface area contributed by atoms with Crippen LogP contribution < -0.4 is 10.6 Å². The highest BCUT2D eigenvalue weighted by Crippen LogP contribution is 2.60. The topological polar surface area (TPSA) is 70.7 Å². The minimum absolute atomic E-state index is 0.00179. The van der Waals surface area contributed by atoms with Crippen LogP contribution in [0.4, 0.5) is 5.69 Å². The van der Waals surface area contributed by atoms with Crippen LogP contribution >= 0.6 is 23.2 Å². The van der Waals surface area contributed by atoms with E-state index in [1.54, 1.807) is 0 Å². The van der Waals surface area contributed by atoms with E-state index in [1.165, 1.54) is 12.8 Å². The molecule has 0 radical (unpaired) electrons. The van der Waals surface area contributed by atoms with Gasteiger partial charge in [0.25, 0.3) is 0 Å². The number of halogens is 2. The minimum Gasteiger partial charge on any atom is -0.462 e. The molecule has 3 aromatic carbocycles. The maximum Gasteiger partial charge on any atom is 0.338 e. The summed E-state index contributed by atoms with van der Waals surface area (Å²) in [5, 5.41) is 8.40. The van der Waals surface area contributed by atoms with Crippen molar-refractivity contribution in [1.29, 1.82) is 0 Å². The number of hydrogen-bond donors (Lipinski definition) is 2. The fraction of sp³-hybridized carbons (Fsp3) is 0.375. The highest BCUT2D eigenvalue weighted by atomic mass is 35.5. The summed E-state index contributed by atoms with van der Waals surface area (Å²) in [6.07, 6.45) is 3.23. The monoisotopic (exact) mass is 575 g/mol. The van der Waals surface area contributed by atoms with Gasteiger partial charge < -0.3 is 15.4 Å². The minimum atomic E-state index is -0.867. The Labute approximate surface area is 244 Å². The number of fused-ring (bicyclic) bond motifs is 3. The molecule has 2 N–H and O–H groups in total. The van der Waals surface area contributed by atoms with E-state index < -0.39 is 5.54 Å². The van der Waals surface area contributed by atoms with Crippen LogP contribution in [0.15, 0.2) is 66.7 Å². The molecule has 0 aromatic heterocycles. The van der Waals surface area contributed by atoms with Crippen molar-refractivity contribution >= 4 is 40.8 Å². The van der Waals surface area contributed by atoms with E-state index in [9.17, 15) is 9.59 Å². The molecular weight excluding hydrogens is 545 g/mol. The second-order valence-corrected chi connectivity index (χ2v) is 12.3. The van der Waals surface area contributed by atoms with Crippen LogP contribution in [0.25, 0.3) is 0 Å². The molecule has 1 aliphatic carbocycles. The Kier molecular flexibility index (Phi) is 6.43. The van der Waals surface area contributed by atoms with Gasteiger partial charge in [-0.15, -0.1) is 0 Å². The smallest absolute Gasteiger partial charge is 0.338 e. The van der Waals surface area contributed by atoms with Gasteiger partial charge in [-0.3, -0.25) is 9.69 Å². The number of carbonyl (C=O) groups excluding carboxylic acids is 2. The van der Waals surface area contributed by atoms with Crippen LogP contribution in [-0.4, -0.2) is 42.0 Å². The molecule has 3 fully saturated rings. The number of benzene rings is 3. The number of esters is 1. The van der Waals surface area contributed by atoms with Crippen LogP contribution in [0, 0.1) is 5.92 Å². The standard InChI is InChI=1S/C32H31Cl2N3O3/c1-2-40-30(38)20-10-8-19(9-11-20)25-16-27-29(35-25)28(21-4-3-5-22(33)14-21)32(37(27)17-18-6-7-18)24-13-12-23(34)15-26(24)36-31(32)39/h3-5,8-15,18,25,27-29,35H,2,6-7,16-17H2,1H3,(H,36,39). The summed E-state index contributed by atoms with van der Waals surface area (Å²) in [5.41, 5.74) is 3.62. The van der Waals surface area contributed by atoms with Crippen LogP contribution in [0.2, 0.25) is 10.0 Å². The fourth-order valence-corrected chi connectivity index (χ4v) is 7.70. The molecule has 3 aliphatic heterocycles. The third-order valence-electron chi connectivity index (χ3n) is 9.12. The number of amides is 1. The zero-order valence-corrected chi connectivity index (χ0v) is 23.7. The molecule has 1 saturated carbocycles. The molecule has 7 rings (SSSR count). The van der Waals surface area contributed by atoms with Gasteiger partial charge in [-0.2, -0.15) is 0 Å². The summed E-state index contributed by atoms with van der Waals surface area (Å²) >= 11 is 12.9. The Balaban J connectivity index is 1.32. The van der Waals surface area contributed by atoms with Gasteiger partial charge in [-0.25, -0.2) is 4.79 Å². The maximum absolute atomic E-state index is 14.3. The summed E-state index contributed by atoms with van der Waals surface area (Å²) < 4.78 is 5.17. The Morgan fingerprint density at radius 1 is 1.02 bits per heavy atom. The van der Waals surface area contributed by atoms with Gasteiger partial charge in [-0.1, -0.05) is 53.5 Å². The van der Waals surface area contributed by atoms with Gasteiger partial charge in [-0.05, 0) is 79.6 Å². The van der Waals surface area contributed by atoms with Crippen LogP contribution in [0.1, 0.15) is 65.2 Å². The molecule has 5 unspecified atom stereocenters. The Morgan fingerprint density at radius 3 is 2.52 bits per heavy atom. The normalized spacial score (nSPS) is 28.9. The molecule has 1 spiro atoms. The molecule has 0 bridgehead atoms. The second kappa shape index (κ2) is 9.88. The van der Waals surface area contributed by atoms with Gasteiger partial charge >= 0.3 is 5.97 Å². The van der Waals surface area contributed by atoms with E-state index in [1.807, 2.05) is 67.6 Å². The molecule has 2 saturated heterocycles. The number of likely N-dealkylation sites (tertiary alicyclic amines) is 1. The predicted octanol–water partition coefficient (Wildman–Crippen LogP) is 6.30. The number of anilines is 1. The Morgan fingerprint density at radius 2 is 1.80 bits per heavy atom. The molecule has 1 amide bonds. The van der Waals surface area contributed by atoms with Crippen LogP contribution in [-0.2, 0) is 15.1 Å². The highest BCUT2D eigenvalue weighted by Gasteiger charge is 2.68. The summed E-state index contributed by atoms with van der Waals surface area (Å²) in [5.74, 6) is 0.112. The number of nitrogens with zero attached hydrogens (tertiary/aromatic N) is 1. The van der Waals surface area contributed by atoms with E-state index in [-0.39, 0.29) is 35.9 Å². The SMILES string of the molecule is CCOC(=O)c1ccc(C2CC3C(N2)C(c2cccc(Cl)c2)C2(C(=O)Nc4cc(Cl)ccc42)N3CC2CC2)cc1. The fourth-order valence-electron chi connectivity index (χ4n) is 7.33. The van der Waals surface area contributed by atoms with Crippen molar-refractivity contribution < 1.29 is 14.3 Å². The van der Waals surface area contributed by atoms with Crippen molar-refractivity contribution in [3.8, 4) is 0 Å². The first kappa shape index (κ1) is 26.0. The molecule has 6 nitrogen and oxygen atoms in total. The van der Waals surface area contributed by atoms with Gasteiger partial charge in [0.15, 0.2) is 0 Å². The number of rotatable bonds is 6. The van der Waals surface area contributed by atoms with Crippen molar-refractivity contribution in [2.45, 2.75) is 55.8 Å². The number of nitrogens with one attached hydrogen (secondary N) is 2. The maximum atomic E-state index is 14.3. The summed E-state index contributed by atoms with van der Waals surface area (Å²) in [6, 6.07) is 21.7. The lowest BCUT2D eigenvalue weighted by molar-refractivity contribution is -0.128. The second-order valence-electron chi connectivity index (χ2n) is 11.4. The zero-order chi connectivity index (χ0) is 27.6. The van der Waals surface area contributed by atoms with Crippen molar-refractivity contribution in [2.24, 2.45) is 5.92 Å². The summed E-state index contributed by atoms with van der Waals surface area (Å²) in [7, 11) is 0. The van der Waals surface area contributed by atoms with Crippen molar-refractivity contribution in [2.75, 3.05) is 18.5 Å². The van der Waals surface area contributed by atoms with Gasteiger partial charge in [0, 0.05) is 51.9 Å². The molecule has 40 heavy (non-hydrogen) atoms. The van der Waals surface area contributed by atoms with Gasteiger partial charge in [0.1, 0.15) is 5.54 Å². The first-order valence-corrected chi connectivity index (χ1v) is 14.8. The molecule has 4 aliphatic rings. The number of hydrogen-bond acceptors (Lipinski definition) is 5. The Hall–Kier alpha value is -2.90. The number of carbonyl (C=O) groups is 2. The lowest BCUT2D eigenvalue weighted by atomic mass is 9.74. The van der Waals surface area contributed by atoms with Crippen molar-refractivity contribution in [1.82, 2.24) is 10.2 Å². The van der Waals surface area contributed by atoms with Crippen LogP contribution in [0.3, 0.4) is 0 Å². The van der Waals surface area contributed by atoms with E-state index in [2.05, 4.69) is 21.6 Å². The molecule has 3 aromatic rings. The lowest BCUT2D eigenvalue weighted by Gasteiger charge is -2.41. The van der Waals surface area contributed by atoms with E-state index in [4.69, 9.17) is 27.9 Å². The third kappa shape index (κ3) is 4.07. The summed E-state index contributed by atoms with van der Waals surface area (Å²) in [4.78, 5) is 29.0. The number of ether oxygens (including phenoxy) is 1.